The predicted octanol–water partition coefficient (Wildman–Crippen LogP) is 11.6. The van der Waals surface area contributed by atoms with Gasteiger partial charge in [0.15, 0.2) is 11.5 Å². The van der Waals surface area contributed by atoms with Crippen LogP contribution in [0.5, 0.6) is 23.0 Å². The minimum absolute atomic E-state index is 0.0116. The number of hydrogen-bond donors (Lipinski definition) is 0. The van der Waals surface area contributed by atoms with Crippen molar-refractivity contribution in [3.05, 3.63) is 140 Å². The Bertz CT molecular complexity index is 2380. The van der Waals surface area contributed by atoms with Gasteiger partial charge in [-0.1, -0.05) is 87.3 Å². The van der Waals surface area contributed by atoms with Crippen LogP contribution in [0.1, 0.15) is 5.56 Å². The molecule has 0 unspecified atom stereocenters. The number of sulfonamides is 2. The fourth-order valence-corrected chi connectivity index (χ4v) is 10.4. The third-order valence-electron chi connectivity index (χ3n) is 7.09. The van der Waals surface area contributed by atoms with E-state index in [0.29, 0.717) is 0 Å². The molecule has 276 valence electrons. The van der Waals surface area contributed by atoms with Gasteiger partial charge >= 0.3 is 0 Å². The van der Waals surface area contributed by atoms with E-state index in [-0.39, 0.29) is 58.7 Å². The summed E-state index contributed by atoms with van der Waals surface area (Å²) in [4.78, 5) is 19.4. The zero-order chi connectivity index (χ0) is 39.2. The molecule has 0 aliphatic carbocycles. The van der Waals surface area contributed by atoms with Crippen molar-refractivity contribution >= 4 is 118 Å². The van der Waals surface area contributed by atoms with Crippen molar-refractivity contribution in [1.29, 1.82) is 0 Å². The quantitative estimate of drug-likeness (QED) is 0.0915. The molecule has 0 saturated carbocycles. The summed E-state index contributed by atoms with van der Waals surface area (Å²) in [5.41, 5.74) is -1.03. The monoisotopic (exact) mass is 899 g/mol. The van der Waals surface area contributed by atoms with Gasteiger partial charge in [-0.05, 0) is 61.0 Å². The Labute approximate surface area is 335 Å². The average Bonchev–Trinajstić information content (AvgIpc) is 3.07. The molecule has 5 aromatic rings. The molecule has 13 nitrogen and oxygen atoms in total. The molecule has 0 heterocycles. The summed E-state index contributed by atoms with van der Waals surface area (Å²) >= 11 is 44.2. The van der Waals surface area contributed by atoms with E-state index >= 15 is 0 Å². The highest BCUT2D eigenvalue weighted by molar-refractivity contribution is 8.10. The van der Waals surface area contributed by atoms with Crippen LogP contribution in [0.3, 0.4) is 0 Å². The van der Waals surface area contributed by atoms with Gasteiger partial charge in [-0.2, -0.15) is 3.71 Å². The number of nitrogens with zero attached hydrogens (tertiary/aromatic N) is 3. The summed E-state index contributed by atoms with van der Waals surface area (Å²) in [7, 11) is -10.4. The van der Waals surface area contributed by atoms with Crippen molar-refractivity contribution in [3.8, 4) is 23.0 Å². The maximum atomic E-state index is 14.4. The number of anilines is 1. The molecule has 5 aromatic carbocycles. The number of non-ortho nitro benzene ring substituents is 2. The number of rotatable bonds is 11. The average molecular weight is 903 g/mol. The van der Waals surface area contributed by atoms with Crippen molar-refractivity contribution in [3.63, 3.8) is 0 Å². The third-order valence-corrected chi connectivity index (χ3v) is 13.3. The van der Waals surface area contributed by atoms with Gasteiger partial charge in [0, 0.05) is 29.3 Å². The molecule has 0 N–H and O–H groups in total. The van der Waals surface area contributed by atoms with Crippen LogP contribution in [0.15, 0.2) is 88.7 Å². The molecule has 0 aliphatic rings. The first-order valence-corrected chi connectivity index (χ1v) is 19.5. The number of ether oxygens (including phenoxy) is 2. The first kappa shape index (κ1) is 40.4. The molecule has 0 bridgehead atoms. The summed E-state index contributed by atoms with van der Waals surface area (Å²) in [5, 5.41) is 20.1. The maximum Gasteiger partial charge on any atom is 0.277 e. The minimum Gasteiger partial charge on any atom is -0.453 e. The smallest absolute Gasteiger partial charge is 0.277 e. The normalized spacial score (nSPS) is 11.6. The Morgan fingerprint density at radius 1 is 0.547 bits per heavy atom. The summed E-state index contributed by atoms with van der Waals surface area (Å²) in [6, 6.07) is 13.9. The number of nitro groups is 2. The molecule has 0 spiro atoms. The molecule has 0 saturated heterocycles. The van der Waals surface area contributed by atoms with E-state index in [1.54, 1.807) is 0 Å². The molecular formula is C31H16Cl7N3O10S2. The van der Waals surface area contributed by atoms with Gasteiger partial charge in [0.1, 0.15) is 11.5 Å². The molecular weight excluding hydrogens is 887 g/mol. The first-order chi connectivity index (χ1) is 24.7. The summed E-state index contributed by atoms with van der Waals surface area (Å²) in [6.07, 6.45) is 0. The van der Waals surface area contributed by atoms with Gasteiger partial charge in [0.2, 0.25) is 0 Å². The fourth-order valence-electron chi connectivity index (χ4n) is 4.53. The minimum atomic E-state index is -5.19. The van der Waals surface area contributed by atoms with Crippen LogP contribution in [-0.2, 0) is 20.0 Å². The van der Waals surface area contributed by atoms with Crippen molar-refractivity contribution in [2.24, 2.45) is 0 Å². The number of hydrogen-bond acceptors (Lipinski definition) is 10. The van der Waals surface area contributed by atoms with Crippen LogP contribution >= 0.6 is 81.2 Å². The van der Waals surface area contributed by atoms with E-state index in [1.807, 2.05) is 0 Å². The van der Waals surface area contributed by atoms with Gasteiger partial charge in [0.25, 0.3) is 31.4 Å². The second-order valence-electron chi connectivity index (χ2n) is 10.5. The molecule has 5 rings (SSSR count). The van der Waals surface area contributed by atoms with E-state index in [2.05, 4.69) is 0 Å². The molecule has 53 heavy (non-hydrogen) atoms. The maximum absolute atomic E-state index is 14.4. The number of nitro benzene ring substituents is 2. The highest BCUT2D eigenvalue weighted by Crippen LogP contribution is 2.45. The van der Waals surface area contributed by atoms with Crippen molar-refractivity contribution in [2.75, 3.05) is 3.71 Å². The Morgan fingerprint density at radius 2 is 0.925 bits per heavy atom. The molecule has 0 amide bonds. The Kier molecular flexibility index (Phi) is 11.8. The second kappa shape index (κ2) is 15.5. The van der Waals surface area contributed by atoms with Gasteiger partial charge in [-0.25, -0.2) is 16.8 Å². The molecule has 0 fully saturated rings. The van der Waals surface area contributed by atoms with Gasteiger partial charge < -0.3 is 9.47 Å². The molecule has 22 heteroatoms. The molecule has 0 radical (unpaired) electrons. The lowest BCUT2D eigenvalue weighted by atomic mass is 10.2. The lowest BCUT2D eigenvalue weighted by Crippen LogP contribution is -2.37. The zero-order valence-corrected chi connectivity index (χ0v) is 32.8. The largest absolute Gasteiger partial charge is 0.453 e. The Hall–Kier alpha value is -3.77. The van der Waals surface area contributed by atoms with Crippen LogP contribution in [0.25, 0.3) is 0 Å². The van der Waals surface area contributed by atoms with Crippen molar-refractivity contribution < 1.29 is 36.2 Å². The lowest BCUT2D eigenvalue weighted by molar-refractivity contribution is -0.385. The fraction of sp³-hybridized carbons (Fsp3) is 0.0323. The molecule has 0 atom stereocenters. The number of benzene rings is 5. The van der Waals surface area contributed by atoms with Crippen LogP contribution in [0, 0.1) is 27.2 Å². The first-order valence-electron chi connectivity index (χ1n) is 14.0. The van der Waals surface area contributed by atoms with E-state index in [0.717, 1.165) is 48.5 Å². The summed E-state index contributed by atoms with van der Waals surface area (Å²) in [5.74, 6) is -0.850. The molecule has 0 aliphatic heterocycles. The van der Waals surface area contributed by atoms with Crippen molar-refractivity contribution in [2.45, 2.75) is 16.7 Å². The highest BCUT2D eigenvalue weighted by atomic mass is 35.5. The standard InChI is InChI=1S/C31H16Cl7N3O10S2/c1-15-20(32)3-2-4-27(15)41(52(46,47)18-11-23(35)30(24(36)12-18)50-28-7-5-16(39(42)43)9-21(28)33)53(48,49)19-13-25(37)31(26(38)14-19)51-29-8-6-17(40(44)45)10-22(29)34/h2-14H,1H3. The topological polar surface area (TPSA) is 176 Å². The van der Waals surface area contributed by atoms with E-state index in [9.17, 15) is 37.1 Å². The van der Waals surface area contributed by atoms with Crippen LogP contribution in [0.4, 0.5) is 17.1 Å². The lowest BCUT2D eigenvalue weighted by Gasteiger charge is -2.26. The SMILES string of the molecule is Cc1c(Cl)cccc1N(S(=O)(=O)c1cc(Cl)c(Oc2ccc([N+](=O)[O-])cc2Cl)c(Cl)c1)S(=O)(=O)c1cc(Cl)c(Oc2ccc([N+](=O)[O-])cc2Cl)c(Cl)c1. The van der Waals surface area contributed by atoms with E-state index in [1.165, 1.54) is 37.3 Å². The van der Waals surface area contributed by atoms with Crippen LogP contribution in [-0.4, -0.2) is 26.7 Å². The highest BCUT2D eigenvalue weighted by Gasteiger charge is 2.40. The zero-order valence-electron chi connectivity index (χ0n) is 25.9. The summed E-state index contributed by atoms with van der Waals surface area (Å²) < 4.78 is 69.2. The van der Waals surface area contributed by atoms with E-state index in [4.69, 9.17) is 90.7 Å². The van der Waals surface area contributed by atoms with Crippen molar-refractivity contribution in [1.82, 2.24) is 0 Å². The van der Waals surface area contributed by atoms with Gasteiger partial charge in [0.05, 0.1) is 55.5 Å². The van der Waals surface area contributed by atoms with Gasteiger partial charge in [-0.3, -0.25) is 20.2 Å². The summed E-state index contributed by atoms with van der Waals surface area (Å²) in [6.45, 7) is 1.38. The predicted molar refractivity (Wildman–Crippen MR) is 202 cm³/mol. The Morgan fingerprint density at radius 3 is 1.26 bits per heavy atom. The number of halogens is 7. The van der Waals surface area contributed by atoms with Gasteiger partial charge in [-0.15, -0.1) is 0 Å². The second-order valence-corrected chi connectivity index (χ2v) is 17.1. The van der Waals surface area contributed by atoms with E-state index < -0.39 is 65.5 Å². The van der Waals surface area contributed by atoms with Crippen LogP contribution < -0.4 is 13.2 Å². The van der Waals surface area contributed by atoms with Crippen LogP contribution in [0.2, 0.25) is 35.2 Å². The third kappa shape index (κ3) is 8.18. The Balaban J connectivity index is 1.60. The molecule has 0 aromatic heterocycles.